The molecule has 4 heteroatoms. The van der Waals surface area contributed by atoms with E-state index in [2.05, 4.69) is 53.7 Å². The second-order valence-electron chi connectivity index (χ2n) is 6.37. The maximum absolute atomic E-state index is 10.3. The average Bonchev–Trinajstić information content (AvgIpc) is 2.93. The van der Waals surface area contributed by atoms with E-state index in [0.717, 1.165) is 23.4 Å². The topological polar surface area (TPSA) is 38.1 Å². The highest BCUT2D eigenvalue weighted by Crippen LogP contribution is 2.24. The van der Waals surface area contributed by atoms with Crippen LogP contribution in [0.25, 0.3) is 11.0 Å². The van der Waals surface area contributed by atoms with Crippen LogP contribution in [0.4, 0.5) is 0 Å². The molecule has 0 spiro atoms. The Kier molecular flexibility index (Phi) is 6.03. The Labute approximate surface area is 149 Å². The number of aromatic nitrogens is 2. The van der Waals surface area contributed by atoms with Gasteiger partial charge in [0, 0.05) is 6.54 Å². The Morgan fingerprint density at radius 2 is 1.71 bits per heavy atom. The van der Waals surface area contributed by atoms with Crippen LogP contribution in [0, 0.1) is 0 Å². The van der Waals surface area contributed by atoms with Gasteiger partial charge >= 0.3 is 0 Å². The van der Waals surface area contributed by atoms with Crippen LogP contribution < -0.4 is 0 Å². The summed E-state index contributed by atoms with van der Waals surface area (Å²) in [4.78, 5) is 4.64. The summed E-state index contributed by atoms with van der Waals surface area (Å²) in [5, 5.41) is 10.3. The minimum Gasteiger partial charge on any atom is -0.385 e. The number of hydrogen-bond donors (Lipinski definition) is 1. The van der Waals surface area contributed by atoms with Gasteiger partial charge in [0.05, 0.1) is 11.0 Å². The molecule has 0 aliphatic carbocycles. The average molecular weight is 345 g/mol. The molecule has 0 saturated carbocycles. The van der Waals surface area contributed by atoms with Crippen LogP contribution in [0.15, 0.2) is 48.5 Å². The van der Waals surface area contributed by atoms with Crippen molar-refractivity contribution in [1.29, 1.82) is 0 Å². The fourth-order valence-corrected chi connectivity index (χ4v) is 2.89. The van der Waals surface area contributed by atoms with E-state index in [1.54, 1.807) is 0 Å². The Morgan fingerprint density at radius 1 is 1.04 bits per heavy atom. The fourth-order valence-electron chi connectivity index (χ4n) is 2.89. The quantitative estimate of drug-likeness (QED) is 0.701. The van der Waals surface area contributed by atoms with Gasteiger partial charge < -0.3 is 9.67 Å². The third kappa shape index (κ3) is 3.63. The van der Waals surface area contributed by atoms with Crippen molar-refractivity contribution in [3.8, 4) is 0 Å². The Balaban J connectivity index is 0.00000208. The van der Waals surface area contributed by atoms with Crippen molar-refractivity contribution in [2.45, 2.75) is 45.8 Å². The number of aliphatic hydroxyl groups is 1. The van der Waals surface area contributed by atoms with Gasteiger partial charge in [-0.2, -0.15) is 0 Å². The van der Waals surface area contributed by atoms with Gasteiger partial charge in [0.1, 0.15) is 11.9 Å². The number of para-hydroxylation sites is 2. The molecule has 0 amide bonds. The summed E-state index contributed by atoms with van der Waals surface area (Å²) in [7, 11) is 0. The molecule has 0 aliphatic heterocycles. The molecule has 1 aromatic heterocycles. The monoisotopic (exact) mass is 344 g/mol. The van der Waals surface area contributed by atoms with Crippen LogP contribution >= 0.6 is 12.4 Å². The number of aliphatic hydroxyl groups excluding tert-OH is 1. The molecular formula is C20H25ClN2O. The van der Waals surface area contributed by atoms with Crippen LogP contribution in [0.3, 0.4) is 0 Å². The molecule has 0 bridgehead atoms. The zero-order valence-electron chi connectivity index (χ0n) is 14.4. The minimum atomic E-state index is -0.530. The number of fused-ring (bicyclic) bond motifs is 1. The molecule has 0 aliphatic rings. The third-order valence-corrected chi connectivity index (χ3v) is 4.36. The molecule has 3 nitrogen and oxygen atoms in total. The summed E-state index contributed by atoms with van der Waals surface area (Å²) in [6.07, 6.45) is 0.132. The molecular weight excluding hydrogens is 320 g/mol. The number of halogens is 1. The molecule has 0 saturated heterocycles. The van der Waals surface area contributed by atoms with E-state index in [1.807, 2.05) is 25.1 Å². The van der Waals surface area contributed by atoms with Gasteiger partial charge in [0.15, 0.2) is 0 Å². The SMILES string of the molecule is CCC(O)c1nc2ccccc2n1Cc1ccc(C(C)C)cc1.Cl. The summed E-state index contributed by atoms with van der Waals surface area (Å²) in [6, 6.07) is 16.8. The molecule has 1 N–H and O–H groups in total. The van der Waals surface area contributed by atoms with Crippen LogP contribution in [0.5, 0.6) is 0 Å². The van der Waals surface area contributed by atoms with Gasteiger partial charge in [-0.15, -0.1) is 12.4 Å². The van der Waals surface area contributed by atoms with E-state index in [4.69, 9.17) is 0 Å². The van der Waals surface area contributed by atoms with E-state index >= 15 is 0 Å². The van der Waals surface area contributed by atoms with E-state index < -0.39 is 6.10 Å². The molecule has 24 heavy (non-hydrogen) atoms. The number of hydrogen-bond acceptors (Lipinski definition) is 2. The van der Waals surface area contributed by atoms with Crippen LogP contribution in [-0.4, -0.2) is 14.7 Å². The first-order chi connectivity index (χ1) is 11.1. The van der Waals surface area contributed by atoms with Crippen molar-refractivity contribution < 1.29 is 5.11 Å². The summed E-state index contributed by atoms with van der Waals surface area (Å²) in [5.41, 5.74) is 4.58. The predicted octanol–water partition coefficient (Wildman–Crippen LogP) is 5.07. The minimum absolute atomic E-state index is 0. The summed E-state index contributed by atoms with van der Waals surface area (Å²) < 4.78 is 2.13. The summed E-state index contributed by atoms with van der Waals surface area (Å²) >= 11 is 0. The summed E-state index contributed by atoms with van der Waals surface area (Å²) in [5.74, 6) is 1.29. The van der Waals surface area contributed by atoms with Crippen molar-refractivity contribution in [2.75, 3.05) is 0 Å². The molecule has 1 heterocycles. The fraction of sp³-hybridized carbons (Fsp3) is 0.350. The smallest absolute Gasteiger partial charge is 0.139 e. The third-order valence-electron chi connectivity index (χ3n) is 4.36. The maximum Gasteiger partial charge on any atom is 0.139 e. The van der Waals surface area contributed by atoms with Gasteiger partial charge in [-0.25, -0.2) is 4.98 Å². The number of imidazole rings is 1. The lowest BCUT2D eigenvalue weighted by molar-refractivity contribution is 0.160. The Morgan fingerprint density at radius 3 is 2.33 bits per heavy atom. The van der Waals surface area contributed by atoms with Gasteiger partial charge in [-0.05, 0) is 35.6 Å². The predicted molar refractivity (Wildman–Crippen MR) is 102 cm³/mol. The lowest BCUT2D eigenvalue weighted by Gasteiger charge is -2.13. The second kappa shape index (κ2) is 7.82. The van der Waals surface area contributed by atoms with E-state index in [0.29, 0.717) is 12.3 Å². The molecule has 128 valence electrons. The normalized spacial score (nSPS) is 12.4. The molecule has 3 rings (SSSR count). The highest BCUT2D eigenvalue weighted by molar-refractivity contribution is 5.85. The second-order valence-corrected chi connectivity index (χ2v) is 6.37. The zero-order valence-corrected chi connectivity index (χ0v) is 15.3. The van der Waals surface area contributed by atoms with Crippen molar-refractivity contribution in [3.05, 3.63) is 65.5 Å². The molecule has 1 atom stereocenters. The number of rotatable bonds is 5. The molecule has 0 radical (unpaired) electrons. The zero-order chi connectivity index (χ0) is 16.4. The van der Waals surface area contributed by atoms with Crippen molar-refractivity contribution in [1.82, 2.24) is 9.55 Å². The first-order valence-electron chi connectivity index (χ1n) is 8.32. The molecule has 3 aromatic rings. The number of nitrogens with zero attached hydrogens (tertiary/aromatic N) is 2. The Hall–Kier alpha value is -1.84. The van der Waals surface area contributed by atoms with Crippen molar-refractivity contribution >= 4 is 23.4 Å². The summed E-state index contributed by atoms with van der Waals surface area (Å²) in [6.45, 7) is 7.11. The van der Waals surface area contributed by atoms with E-state index in [9.17, 15) is 5.11 Å². The molecule has 0 fully saturated rings. The standard InChI is InChI=1S/C20H24N2O.ClH/c1-4-19(23)20-21-17-7-5-6-8-18(17)22(20)13-15-9-11-16(12-10-15)14(2)3;/h5-12,14,19,23H,4,13H2,1-3H3;1H. The van der Waals surface area contributed by atoms with Gasteiger partial charge in [-0.1, -0.05) is 57.2 Å². The molecule has 2 aromatic carbocycles. The van der Waals surface area contributed by atoms with Crippen molar-refractivity contribution in [2.24, 2.45) is 0 Å². The first kappa shape index (κ1) is 18.5. The van der Waals surface area contributed by atoms with Gasteiger partial charge in [0.25, 0.3) is 0 Å². The lowest BCUT2D eigenvalue weighted by Crippen LogP contribution is -2.09. The highest BCUT2D eigenvalue weighted by atomic mass is 35.5. The van der Waals surface area contributed by atoms with Crippen LogP contribution in [-0.2, 0) is 6.54 Å². The highest BCUT2D eigenvalue weighted by Gasteiger charge is 2.16. The van der Waals surface area contributed by atoms with E-state index in [1.165, 1.54) is 11.1 Å². The lowest BCUT2D eigenvalue weighted by atomic mass is 10.0. The van der Waals surface area contributed by atoms with E-state index in [-0.39, 0.29) is 12.4 Å². The largest absolute Gasteiger partial charge is 0.385 e. The van der Waals surface area contributed by atoms with Gasteiger partial charge in [-0.3, -0.25) is 0 Å². The van der Waals surface area contributed by atoms with Crippen LogP contribution in [0.1, 0.15) is 56.2 Å². The number of benzene rings is 2. The maximum atomic E-state index is 10.3. The Bertz CT molecular complexity index is 793. The van der Waals surface area contributed by atoms with Crippen LogP contribution in [0.2, 0.25) is 0 Å². The molecule has 1 unspecified atom stereocenters. The van der Waals surface area contributed by atoms with Crippen molar-refractivity contribution in [3.63, 3.8) is 0 Å². The first-order valence-corrected chi connectivity index (χ1v) is 8.32. The van der Waals surface area contributed by atoms with Gasteiger partial charge in [0.2, 0.25) is 0 Å².